The molecule has 0 aliphatic heterocycles. The maximum Gasteiger partial charge on any atom is 0.317 e. The molecule has 1 aromatic rings. The summed E-state index contributed by atoms with van der Waals surface area (Å²) in [7, 11) is 7.81. The van der Waals surface area contributed by atoms with Gasteiger partial charge in [-0.05, 0) is 12.8 Å². The summed E-state index contributed by atoms with van der Waals surface area (Å²) in [5, 5.41) is 3.02. The molecule has 0 saturated heterocycles. The van der Waals surface area contributed by atoms with Crippen LogP contribution in [0, 0.1) is 0 Å². The third-order valence-corrected chi connectivity index (χ3v) is 4.57. The summed E-state index contributed by atoms with van der Waals surface area (Å²) in [5.41, 5.74) is 1.01. The van der Waals surface area contributed by atoms with Crippen LogP contribution in [0.25, 0.3) is 0 Å². The number of carbonyl (C=O) groups is 1. The fourth-order valence-corrected chi connectivity index (χ4v) is 3.12. The number of imidazole rings is 1. The number of nitrogens with zero attached hydrogens (tertiary/aromatic N) is 4. The molecule has 2 amide bonds. The molecule has 1 N–H and O–H groups in total. The molecule has 2 rings (SSSR count). The maximum atomic E-state index is 12.4. The van der Waals surface area contributed by atoms with Gasteiger partial charge in [-0.1, -0.05) is 25.7 Å². The number of rotatable bonds is 4. The van der Waals surface area contributed by atoms with Crippen LogP contribution in [0.3, 0.4) is 0 Å². The number of anilines is 1. The van der Waals surface area contributed by atoms with Crippen LogP contribution < -0.4 is 10.2 Å². The Kier molecular flexibility index (Phi) is 5.69. The van der Waals surface area contributed by atoms with E-state index >= 15 is 0 Å². The average molecular weight is 307 g/mol. The maximum absolute atomic E-state index is 12.4. The molecule has 22 heavy (non-hydrogen) atoms. The van der Waals surface area contributed by atoms with Crippen molar-refractivity contribution in [3.8, 4) is 0 Å². The number of aromatic nitrogens is 2. The molecule has 1 heterocycles. The fourth-order valence-electron chi connectivity index (χ4n) is 3.12. The van der Waals surface area contributed by atoms with E-state index in [1.54, 1.807) is 0 Å². The van der Waals surface area contributed by atoms with Crippen molar-refractivity contribution in [2.24, 2.45) is 7.05 Å². The molecule has 0 bridgehead atoms. The number of hydrogen-bond donors (Lipinski definition) is 1. The van der Waals surface area contributed by atoms with Gasteiger partial charge in [0.1, 0.15) is 0 Å². The average Bonchev–Trinajstić information content (AvgIpc) is 2.70. The van der Waals surface area contributed by atoms with E-state index < -0.39 is 0 Å². The number of nitrogens with one attached hydrogen (secondary N) is 1. The minimum absolute atomic E-state index is 0.0134. The van der Waals surface area contributed by atoms with E-state index in [0.29, 0.717) is 12.6 Å². The SMILES string of the molecule is CN(C)c1ncc(CNC(=O)N(C)C2CCCCCC2)n1C. The molecule has 0 unspecified atom stereocenters. The first-order valence-corrected chi connectivity index (χ1v) is 8.19. The van der Waals surface area contributed by atoms with Gasteiger partial charge in [0.15, 0.2) is 0 Å². The Hall–Kier alpha value is -1.72. The van der Waals surface area contributed by atoms with Gasteiger partial charge in [-0.2, -0.15) is 0 Å². The summed E-state index contributed by atoms with van der Waals surface area (Å²) < 4.78 is 2.01. The lowest BCUT2D eigenvalue weighted by atomic mass is 10.1. The van der Waals surface area contributed by atoms with Gasteiger partial charge in [0.05, 0.1) is 18.4 Å². The van der Waals surface area contributed by atoms with Gasteiger partial charge in [-0.25, -0.2) is 9.78 Å². The molecular weight excluding hydrogens is 278 g/mol. The largest absolute Gasteiger partial charge is 0.348 e. The summed E-state index contributed by atoms with van der Waals surface area (Å²) in [5.74, 6) is 0.890. The van der Waals surface area contributed by atoms with Crippen molar-refractivity contribution in [3.63, 3.8) is 0 Å². The molecule has 1 fully saturated rings. The minimum Gasteiger partial charge on any atom is -0.348 e. The van der Waals surface area contributed by atoms with Crippen molar-refractivity contribution in [1.29, 1.82) is 0 Å². The van der Waals surface area contributed by atoms with E-state index in [9.17, 15) is 4.79 Å². The van der Waals surface area contributed by atoms with Crippen LogP contribution in [-0.4, -0.2) is 47.7 Å². The molecule has 0 atom stereocenters. The highest BCUT2D eigenvalue weighted by molar-refractivity contribution is 5.74. The third kappa shape index (κ3) is 3.93. The fraction of sp³-hybridized carbons (Fsp3) is 0.750. The van der Waals surface area contributed by atoms with Crippen molar-refractivity contribution in [3.05, 3.63) is 11.9 Å². The molecule has 0 aromatic carbocycles. The molecule has 6 heteroatoms. The van der Waals surface area contributed by atoms with Gasteiger partial charge >= 0.3 is 6.03 Å². The number of urea groups is 1. The minimum atomic E-state index is 0.0134. The van der Waals surface area contributed by atoms with Gasteiger partial charge in [0.2, 0.25) is 5.95 Å². The normalized spacial score (nSPS) is 16.2. The Morgan fingerprint density at radius 1 is 1.27 bits per heavy atom. The lowest BCUT2D eigenvalue weighted by Gasteiger charge is -2.27. The Balaban J connectivity index is 1.89. The van der Waals surface area contributed by atoms with E-state index in [-0.39, 0.29) is 6.03 Å². The molecule has 1 aromatic heterocycles. The second-order valence-electron chi connectivity index (χ2n) is 6.42. The summed E-state index contributed by atoms with van der Waals surface area (Å²) >= 11 is 0. The van der Waals surface area contributed by atoms with Crippen molar-refractivity contribution in [2.45, 2.75) is 51.1 Å². The lowest BCUT2D eigenvalue weighted by molar-refractivity contribution is 0.183. The Morgan fingerprint density at radius 3 is 2.45 bits per heavy atom. The predicted octanol–water partition coefficient (Wildman–Crippen LogP) is 2.35. The first kappa shape index (κ1) is 16.6. The first-order valence-electron chi connectivity index (χ1n) is 8.19. The third-order valence-electron chi connectivity index (χ3n) is 4.57. The zero-order valence-corrected chi connectivity index (χ0v) is 14.3. The van der Waals surface area contributed by atoms with Crippen LogP contribution in [0.5, 0.6) is 0 Å². The van der Waals surface area contributed by atoms with E-state index in [1.807, 2.05) is 48.8 Å². The summed E-state index contributed by atoms with van der Waals surface area (Å²) in [6, 6.07) is 0.394. The molecule has 0 radical (unpaired) electrons. The van der Waals surface area contributed by atoms with Gasteiger partial charge < -0.3 is 19.7 Å². The summed E-state index contributed by atoms with van der Waals surface area (Å²) in [4.78, 5) is 20.6. The predicted molar refractivity (Wildman–Crippen MR) is 89.0 cm³/mol. The second-order valence-corrected chi connectivity index (χ2v) is 6.42. The standard InChI is InChI=1S/C16H29N5O/c1-19(2)15-17-11-14(20(15)3)12-18-16(22)21(4)13-9-7-5-6-8-10-13/h11,13H,5-10,12H2,1-4H3,(H,18,22). The summed E-state index contributed by atoms with van der Waals surface area (Å²) in [6.07, 6.45) is 9.14. The highest BCUT2D eigenvalue weighted by Gasteiger charge is 2.21. The highest BCUT2D eigenvalue weighted by Crippen LogP contribution is 2.21. The number of hydrogen-bond acceptors (Lipinski definition) is 3. The second kappa shape index (κ2) is 7.51. The zero-order chi connectivity index (χ0) is 16.1. The molecule has 1 aliphatic rings. The Morgan fingerprint density at radius 2 is 1.91 bits per heavy atom. The van der Waals surface area contributed by atoms with Gasteiger partial charge in [-0.3, -0.25) is 0 Å². The van der Waals surface area contributed by atoms with Crippen LogP contribution in [0.2, 0.25) is 0 Å². The Bertz CT molecular complexity index is 489. The molecule has 6 nitrogen and oxygen atoms in total. The molecular formula is C16H29N5O. The molecule has 1 saturated carbocycles. The van der Waals surface area contributed by atoms with E-state index in [0.717, 1.165) is 24.5 Å². The van der Waals surface area contributed by atoms with E-state index in [4.69, 9.17) is 0 Å². The van der Waals surface area contributed by atoms with Crippen molar-refractivity contribution < 1.29 is 4.79 Å². The van der Waals surface area contributed by atoms with Gasteiger partial charge in [0, 0.05) is 34.2 Å². The van der Waals surface area contributed by atoms with Crippen LogP contribution in [-0.2, 0) is 13.6 Å². The zero-order valence-electron chi connectivity index (χ0n) is 14.3. The van der Waals surface area contributed by atoms with Gasteiger partial charge in [0.25, 0.3) is 0 Å². The van der Waals surface area contributed by atoms with Crippen molar-refractivity contribution in [1.82, 2.24) is 19.8 Å². The number of amides is 2. The first-order chi connectivity index (χ1) is 10.5. The molecule has 0 spiro atoms. The van der Waals surface area contributed by atoms with Crippen LogP contribution in [0.4, 0.5) is 10.7 Å². The van der Waals surface area contributed by atoms with Crippen LogP contribution >= 0.6 is 0 Å². The topological polar surface area (TPSA) is 53.4 Å². The van der Waals surface area contributed by atoms with E-state index in [2.05, 4.69) is 10.3 Å². The molecule has 124 valence electrons. The number of carbonyl (C=O) groups excluding carboxylic acids is 1. The summed E-state index contributed by atoms with van der Waals surface area (Å²) in [6.45, 7) is 0.507. The van der Waals surface area contributed by atoms with Crippen molar-refractivity contribution >= 4 is 12.0 Å². The van der Waals surface area contributed by atoms with Crippen molar-refractivity contribution in [2.75, 3.05) is 26.0 Å². The highest BCUT2D eigenvalue weighted by atomic mass is 16.2. The van der Waals surface area contributed by atoms with Crippen LogP contribution in [0.15, 0.2) is 6.20 Å². The lowest BCUT2D eigenvalue weighted by Crippen LogP contribution is -2.43. The van der Waals surface area contributed by atoms with E-state index in [1.165, 1.54) is 25.7 Å². The smallest absolute Gasteiger partial charge is 0.317 e. The Labute approximate surface area is 133 Å². The van der Waals surface area contributed by atoms with Gasteiger partial charge in [-0.15, -0.1) is 0 Å². The quantitative estimate of drug-likeness (QED) is 0.869. The monoisotopic (exact) mass is 307 g/mol. The molecule has 1 aliphatic carbocycles. The van der Waals surface area contributed by atoms with Crippen LogP contribution in [0.1, 0.15) is 44.2 Å².